The largest absolute Gasteiger partial charge is 0.323 e. The molecule has 0 saturated carbocycles. The van der Waals surface area contributed by atoms with Gasteiger partial charge in [0, 0.05) is 42.9 Å². The van der Waals surface area contributed by atoms with Crippen molar-refractivity contribution in [3.8, 4) is 11.3 Å². The Morgan fingerprint density at radius 1 is 1.12 bits per heavy atom. The second-order valence-corrected chi connectivity index (χ2v) is 7.19. The highest BCUT2D eigenvalue weighted by atomic mass is 19.1. The summed E-state index contributed by atoms with van der Waals surface area (Å²) in [5.41, 5.74) is 4.10. The lowest BCUT2D eigenvalue weighted by molar-refractivity contribution is -0.111. The number of nitrogens with one attached hydrogen (secondary N) is 1. The first-order valence-electron chi connectivity index (χ1n) is 10.1. The van der Waals surface area contributed by atoms with E-state index in [1.807, 2.05) is 31.2 Å². The van der Waals surface area contributed by atoms with Crippen molar-refractivity contribution in [3.63, 3.8) is 0 Å². The predicted molar refractivity (Wildman–Crippen MR) is 119 cm³/mol. The SMILES string of the molecule is CCn1nnnc1Cc1ccc(NC(=O)C=Cc2cnn(C)c2-c2ccc(F)cc2)cc1. The van der Waals surface area contributed by atoms with Gasteiger partial charge in [0.1, 0.15) is 5.82 Å². The van der Waals surface area contributed by atoms with Crippen molar-refractivity contribution in [1.29, 1.82) is 0 Å². The van der Waals surface area contributed by atoms with Crippen LogP contribution in [0.3, 0.4) is 0 Å². The van der Waals surface area contributed by atoms with Crippen LogP contribution in [0.5, 0.6) is 0 Å². The standard InChI is InChI=1S/C23H22FN7O/c1-3-31-21(27-28-29-31)14-16-4-11-20(12-5-16)26-22(32)13-8-18-15-25-30(2)23(18)17-6-9-19(24)10-7-17/h4-13,15H,3,14H2,1-2H3,(H,26,32). The van der Waals surface area contributed by atoms with Gasteiger partial charge in [0.2, 0.25) is 5.91 Å². The molecule has 8 nitrogen and oxygen atoms in total. The minimum absolute atomic E-state index is 0.262. The van der Waals surface area contributed by atoms with Gasteiger partial charge in [0.25, 0.3) is 0 Å². The third-order valence-corrected chi connectivity index (χ3v) is 4.99. The molecule has 0 radical (unpaired) electrons. The van der Waals surface area contributed by atoms with Crippen LogP contribution in [-0.4, -0.2) is 35.9 Å². The van der Waals surface area contributed by atoms with Crippen LogP contribution in [0.1, 0.15) is 23.9 Å². The highest BCUT2D eigenvalue weighted by molar-refractivity contribution is 6.02. The number of hydrogen-bond donors (Lipinski definition) is 1. The molecule has 0 unspecified atom stereocenters. The molecule has 2 aromatic heterocycles. The van der Waals surface area contributed by atoms with E-state index < -0.39 is 0 Å². The zero-order valence-corrected chi connectivity index (χ0v) is 17.7. The summed E-state index contributed by atoms with van der Waals surface area (Å²) in [4.78, 5) is 12.4. The molecule has 0 aliphatic heterocycles. The maximum Gasteiger partial charge on any atom is 0.248 e. The van der Waals surface area contributed by atoms with E-state index in [0.29, 0.717) is 18.7 Å². The molecule has 4 rings (SSSR count). The number of amides is 1. The summed E-state index contributed by atoms with van der Waals surface area (Å²) in [6, 6.07) is 13.7. The van der Waals surface area contributed by atoms with Gasteiger partial charge >= 0.3 is 0 Å². The summed E-state index contributed by atoms with van der Waals surface area (Å²) >= 11 is 0. The normalized spacial score (nSPS) is 11.2. The summed E-state index contributed by atoms with van der Waals surface area (Å²) in [7, 11) is 1.80. The van der Waals surface area contributed by atoms with Crippen LogP contribution < -0.4 is 5.32 Å². The van der Waals surface area contributed by atoms with E-state index in [0.717, 1.165) is 28.2 Å². The van der Waals surface area contributed by atoms with Gasteiger partial charge in [-0.05, 0) is 65.4 Å². The number of tetrazole rings is 1. The molecule has 0 aliphatic carbocycles. The Kier molecular flexibility index (Phi) is 6.16. The summed E-state index contributed by atoms with van der Waals surface area (Å²) < 4.78 is 16.7. The number of carbonyl (C=O) groups excluding carboxylic acids is 1. The zero-order chi connectivity index (χ0) is 22.5. The average molecular weight is 431 g/mol. The monoisotopic (exact) mass is 431 g/mol. The van der Waals surface area contributed by atoms with Crippen LogP contribution in [0.25, 0.3) is 17.3 Å². The van der Waals surface area contributed by atoms with E-state index in [-0.39, 0.29) is 11.7 Å². The smallest absolute Gasteiger partial charge is 0.248 e. The third kappa shape index (κ3) is 4.77. The number of rotatable bonds is 7. The van der Waals surface area contributed by atoms with Gasteiger partial charge in [-0.15, -0.1) is 5.10 Å². The Bertz CT molecular complexity index is 1240. The first kappa shape index (κ1) is 21.1. The molecule has 0 spiro atoms. The topological polar surface area (TPSA) is 90.5 Å². The lowest BCUT2D eigenvalue weighted by Crippen LogP contribution is -2.08. The first-order valence-corrected chi connectivity index (χ1v) is 10.1. The van der Waals surface area contributed by atoms with Crippen molar-refractivity contribution < 1.29 is 9.18 Å². The number of halogens is 1. The van der Waals surface area contributed by atoms with Crippen molar-refractivity contribution in [3.05, 3.63) is 83.6 Å². The van der Waals surface area contributed by atoms with Gasteiger partial charge in [0.15, 0.2) is 5.82 Å². The number of hydrogen-bond acceptors (Lipinski definition) is 5. The van der Waals surface area contributed by atoms with Crippen molar-refractivity contribution in [1.82, 2.24) is 30.0 Å². The van der Waals surface area contributed by atoms with Gasteiger partial charge in [-0.1, -0.05) is 12.1 Å². The first-order chi connectivity index (χ1) is 15.5. The zero-order valence-electron chi connectivity index (χ0n) is 17.7. The number of carbonyl (C=O) groups is 1. The average Bonchev–Trinajstić information content (AvgIpc) is 3.40. The van der Waals surface area contributed by atoms with Crippen molar-refractivity contribution in [2.24, 2.45) is 7.05 Å². The molecule has 32 heavy (non-hydrogen) atoms. The van der Waals surface area contributed by atoms with Gasteiger partial charge in [-0.2, -0.15) is 5.10 Å². The van der Waals surface area contributed by atoms with Crippen molar-refractivity contribution >= 4 is 17.7 Å². The van der Waals surface area contributed by atoms with Gasteiger partial charge < -0.3 is 5.32 Å². The Hall–Kier alpha value is -4.14. The molecule has 1 amide bonds. The Morgan fingerprint density at radius 2 is 1.88 bits per heavy atom. The van der Waals surface area contributed by atoms with E-state index in [2.05, 4.69) is 25.9 Å². The molecule has 4 aromatic rings. The molecule has 0 saturated heterocycles. The molecular weight excluding hydrogens is 409 g/mol. The Morgan fingerprint density at radius 3 is 2.59 bits per heavy atom. The van der Waals surface area contributed by atoms with Crippen LogP contribution in [0.2, 0.25) is 0 Å². The van der Waals surface area contributed by atoms with Gasteiger partial charge in [-0.3, -0.25) is 9.48 Å². The van der Waals surface area contributed by atoms with Crippen LogP contribution in [0.4, 0.5) is 10.1 Å². The molecule has 0 fully saturated rings. The Balaban J connectivity index is 1.41. The van der Waals surface area contributed by atoms with E-state index >= 15 is 0 Å². The summed E-state index contributed by atoms with van der Waals surface area (Å²) in [5, 5.41) is 18.8. The molecule has 0 bridgehead atoms. The fourth-order valence-electron chi connectivity index (χ4n) is 3.37. The van der Waals surface area contributed by atoms with Crippen LogP contribution in [-0.2, 0) is 24.8 Å². The summed E-state index contributed by atoms with van der Waals surface area (Å²) in [6.07, 6.45) is 5.43. The van der Waals surface area contributed by atoms with E-state index in [1.165, 1.54) is 18.2 Å². The predicted octanol–water partition coefficient (Wildman–Crippen LogP) is 3.48. The lowest BCUT2D eigenvalue weighted by Gasteiger charge is -2.06. The second-order valence-electron chi connectivity index (χ2n) is 7.19. The molecule has 0 aliphatic rings. The molecule has 2 heterocycles. The summed E-state index contributed by atoms with van der Waals surface area (Å²) in [5.74, 6) is 0.226. The number of anilines is 1. The van der Waals surface area contributed by atoms with Crippen LogP contribution >= 0.6 is 0 Å². The number of aromatic nitrogens is 6. The summed E-state index contributed by atoms with van der Waals surface area (Å²) in [6.45, 7) is 2.70. The van der Waals surface area contributed by atoms with E-state index in [1.54, 1.807) is 40.8 Å². The fraction of sp³-hybridized carbons (Fsp3) is 0.174. The van der Waals surface area contributed by atoms with E-state index in [9.17, 15) is 9.18 Å². The fourth-order valence-corrected chi connectivity index (χ4v) is 3.37. The maximum atomic E-state index is 13.2. The van der Waals surface area contributed by atoms with Crippen molar-refractivity contribution in [2.45, 2.75) is 19.9 Å². The van der Waals surface area contributed by atoms with Crippen LogP contribution in [0.15, 0.2) is 60.8 Å². The maximum absolute atomic E-state index is 13.2. The van der Waals surface area contributed by atoms with Crippen LogP contribution in [0, 0.1) is 5.82 Å². The quantitative estimate of drug-likeness (QED) is 0.453. The number of benzene rings is 2. The Labute approximate surface area is 184 Å². The molecular formula is C23H22FN7O. The van der Waals surface area contributed by atoms with E-state index in [4.69, 9.17) is 0 Å². The highest BCUT2D eigenvalue weighted by Gasteiger charge is 2.10. The molecule has 162 valence electrons. The third-order valence-electron chi connectivity index (χ3n) is 4.99. The highest BCUT2D eigenvalue weighted by Crippen LogP contribution is 2.24. The number of nitrogens with zero attached hydrogens (tertiary/aromatic N) is 6. The lowest BCUT2D eigenvalue weighted by atomic mass is 10.1. The minimum Gasteiger partial charge on any atom is -0.323 e. The second kappa shape index (κ2) is 9.34. The number of aryl methyl sites for hydroxylation is 2. The molecule has 9 heteroatoms. The van der Waals surface area contributed by atoms with Crippen molar-refractivity contribution in [2.75, 3.05) is 5.32 Å². The molecule has 1 N–H and O–H groups in total. The van der Waals surface area contributed by atoms with Gasteiger partial charge in [0.05, 0.1) is 11.9 Å². The molecule has 0 atom stereocenters. The molecule has 2 aromatic carbocycles. The van der Waals surface area contributed by atoms with Gasteiger partial charge in [-0.25, -0.2) is 9.07 Å². The minimum atomic E-state index is -0.303.